The first-order valence-electron chi connectivity index (χ1n) is 10.6. The molecule has 2 saturated heterocycles. The molecule has 32 heavy (non-hydrogen) atoms. The number of anilines is 2. The van der Waals surface area contributed by atoms with Gasteiger partial charge >= 0.3 is 0 Å². The summed E-state index contributed by atoms with van der Waals surface area (Å²) in [6.45, 7) is 3.72. The first-order chi connectivity index (χ1) is 15.4. The van der Waals surface area contributed by atoms with Crippen LogP contribution in [0, 0.1) is 29.0 Å². The quantitative estimate of drug-likeness (QED) is 0.460. The fourth-order valence-electron chi connectivity index (χ4n) is 4.74. The van der Waals surface area contributed by atoms with E-state index in [-0.39, 0.29) is 27.6 Å². The summed E-state index contributed by atoms with van der Waals surface area (Å²) in [4.78, 5) is 11.3. The van der Waals surface area contributed by atoms with Gasteiger partial charge in [-0.2, -0.15) is 0 Å². The van der Waals surface area contributed by atoms with Gasteiger partial charge in [-0.05, 0) is 36.6 Å². The number of nitrogens with two attached hydrogens (primary N) is 2. The van der Waals surface area contributed by atoms with Crippen LogP contribution in [0.3, 0.4) is 0 Å². The zero-order chi connectivity index (χ0) is 22.0. The van der Waals surface area contributed by atoms with E-state index in [2.05, 4.69) is 26.7 Å². The highest BCUT2D eigenvalue weighted by Crippen LogP contribution is 2.58. The number of piperidine rings is 1. The Labute approximate surface area is 189 Å². The van der Waals surface area contributed by atoms with E-state index >= 15 is 0 Å². The topological polar surface area (TPSA) is 90.3 Å². The third-order valence-electron chi connectivity index (χ3n) is 6.84. The number of likely N-dealkylation sites (tertiary alicyclic amines) is 1. The zero-order valence-electron chi connectivity index (χ0n) is 17.2. The highest BCUT2D eigenvalue weighted by molar-refractivity contribution is 6.31. The molecule has 3 aliphatic rings. The van der Waals surface area contributed by atoms with E-state index in [9.17, 15) is 4.39 Å². The van der Waals surface area contributed by atoms with E-state index in [0.29, 0.717) is 34.1 Å². The molecular weight excluding hydrogens is 429 g/mol. The van der Waals surface area contributed by atoms with Crippen LogP contribution in [0.2, 0.25) is 5.02 Å². The number of aromatic nitrogens is 2. The van der Waals surface area contributed by atoms with Crippen molar-refractivity contribution in [2.45, 2.75) is 12.5 Å². The van der Waals surface area contributed by atoms with Crippen LogP contribution in [0.5, 0.6) is 0 Å². The number of nitrogen functional groups attached to an aromatic ring is 2. The molecule has 1 saturated carbocycles. The number of fused-ring (bicyclic) bond motifs is 2. The molecule has 8 heteroatoms. The molecule has 6 rings (SSSR count). The molecule has 4 N–H and O–H groups in total. The van der Waals surface area contributed by atoms with Gasteiger partial charge in [0, 0.05) is 35.1 Å². The summed E-state index contributed by atoms with van der Waals surface area (Å²) in [5.41, 5.74) is 14.5. The Balaban J connectivity index is 1.36. The lowest BCUT2D eigenvalue weighted by molar-refractivity contribution is -0.0614. The minimum Gasteiger partial charge on any atom is -0.398 e. The van der Waals surface area contributed by atoms with Crippen molar-refractivity contribution in [3.8, 4) is 23.2 Å². The number of ether oxygens (including phenoxy) is 1. The van der Waals surface area contributed by atoms with Crippen LogP contribution in [0.1, 0.15) is 12.0 Å². The molecule has 0 unspecified atom stereocenters. The number of hydrogen-bond acceptors (Lipinski definition) is 6. The second-order valence-electron chi connectivity index (χ2n) is 8.92. The predicted molar refractivity (Wildman–Crippen MR) is 122 cm³/mol. The summed E-state index contributed by atoms with van der Waals surface area (Å²) in [7, 11) is 0. The Morgan fingerprint density at radius 3 is 2.84 bits per heavy atom. The third kappa shape index (κ3) is 3.10. The van der Waals surface area contributed by atoms with Crippen LogP contribution in [-0.4, -0.2) is 47.2 Å². The summed E-state index contributed by atoms with van der Waals surface area (Å²) in [5, 5.41) is 0.615. The van der Waals surface area contributed by atoms with E-state index in [1.165, 1.54) is 6.07 Å². The molecule has 3 fully saturated rings. The SMILES string of the molecule is Nc1cc2c(N)nc(-c3cccc(Cl)c3F)nc2cc1C#C[C@]12C[C@H]1CN(C1COC1)C2. The Kier molecular flexibility index (Phi) is 4.34. The van der Waals surface area contributed by atoms with Gasteiger partial charge < -0.3 is 16.2 Å². The molecule has 2 aliphatic heterocycles. The van der Waals surface area contributed by atoms with E-state index < -0.39 is 5.82 Å². The molecule has 2 aromatic carbocycles. The van der Waals surface area contributed by atoms with Gasteiger partial charge in [-0.1, -0.05) is 29.5 Å². The van der Waals surface area contributed by atoms with E-state index in [0.717, 1.165) is 32.7 Å². The molecule has 1 aliphatic carbocycles. The molecule has 0 bridgehead atoms. The molecule has 0 radical (unpaired) electrons. The number of rotatable bonds is 2. The molecule has 0 spiro atoms. The normalized spacial score (nSPS) is 24.6. The average molecular weight is 450 g/mol. The van der Waals surface area contributed by atoms with E-state index in [4.69, 9.17) is 27.8 Å². The Morgan fingerprint density at radius 2 is 2.06 bits per heavy atom. The lowest BCUT2D eigenvalue weighted by Crippen LogP contribution is -2.49. The second kappa shape index (κ2) is 7.04. The summed E-state index contributed by atoms with van der Waals surface area (Å²) < 4.78 is 19.8. The maximum Gasteiger partial charge on any atom is 0.165 e. The molecule has 2 atom stereocenters. The van der Waals surface area contributed by atoms with Crippen molar-refractivity contribution >= 4 is 34.0 Å². The van der Waals surface area contributed by atoms with Gasteiger partial charge in [0.15, 0.2) is 11.6 Å². The third-order valence-corrected chi connectivity index (χ3v) is 7.14. The monoisotopic (exact) mass is 449 g/mol. The van der Waals surface area contributed by atoms with Crippen molar-refractivity contribution < 1.29 is 9.13 Å². The number of hydrogen-bond donors (Lipinski definition) is 2. The van der Waals surface area contributed by atoms with Gasteiger partial charge in [-0.15, -0.1) is 0 Å². The van der Waals surface area contributed by atoms with Crippen molar-refractivity contribution in [2.24, 2.45) is 11.3 Å². The molecule has 162 valence electrons. The van der Waals surface area contributed by atoms with Crippen LogP contribution < -0.4 is 11.5 Å². The Bertz CT molecular complexity index is 1330. The fourth-order valence-corrected chi connectivity index (χ4v) is 4.92. The van der Waals surface area contributed by atoms with Crippen LogP contribution in [0.25, 0.3) is 22.3 Å². The fraction of sp³-hybridized carbons (Fsp3) is 0.333. The first-order valence-corrected chi connectivity index (χ1v) is 11.0. The molecule has 3 heterocycles. The molecule has 0 amide bonds. The lowest BCUT2D eigenvalue weighted by Gasteiger charge is -2.35. The van der Waals surface area contributed by atoms with Crippen LogP contribution in [0.15, 0.2) is 30.3 Å². The van der Waals surface area contributed by atoms with Gasteiger partial charge in [0.2, 0.25) is 0 Å². The number of nitrogens with zero attached hydrogens (tertiary/aromatic N) is 3. The molecule has 6 nitrogen and oxygen atoms in total. The number of benzene rings is 2. The van der Waals surface area contributed by atoms with Crippen LogP contribution in [-0.2, 0) is 4.74 Å². The smallest absolute Gasteiger partial charge is 0.165 e. The van der Waals surface area contributed by atoms with Crippen LogP contribution >= 0.6 is 11.6 Å². The average Bonchev–Trinajstić information content (AvgIpc) is 3.28. The minimum absolute atomic E-state index is 0.00550. The predicted octanol–water partition coefficient (Wildman–Crippen LogP) is 3.33. The summed E-state index contributed by atoms with van der Waals surface area (Å²) in [6, 6.07) is 8.79. The largest absolute Gasteiger partial charge is 0.398 e. The maximum absolute atomic E-state index is 14.5. The lowest BCUT2D eigenvalue weighted by atomic mass is 10.0. The Morgan fingerprint density at radius 1 is 1.22 bits per heavy atom. The van der Waals surface area contributed by atoms with Crippen molar-refractivity contribution in [2.75, 3.05) is 37.8 Å². The highest BCUT2D eigenvalue weighted by Gasteiger charge is 2.60. The van der Waals surface area contributed by atoms with E-state index in [1.807, 2.05) is 6.07 Å². The standard InChI is InChI=1S/C24H21ClFN5O/c25-18-3-1-2-16(21(18)26)23-29-20-6-13(19(27)7-17(20)22(28)30-23)4-5-24-8-14(24)9-31(12-24)15-10-32-11-15/h1-3,6-7,14-15H,8-12,27H2,(H2,28,29,30)/t14-,24+/m0/s1. The summed E-state index contributed by atoms with van der Waals surface area (Å²) in [5.74, 6) is 7.24. The van der Waals surface area contributed by atoms with Gasteiger partial charge in [0.1, 0.15) is 5.82 Å². The second-order valence-corrected chi connectivity index (χ2v) is 9.33. The Hall–Kier alpha value is -2.92. The first kappa shape index (κ1) is 19.7. The molecule has 3 aromatic rings. The minimum atomic E-state index is -0.579. The summed E-state index contributed by atoms with van der Waals surface area (Å²) >= 11 is 5.92. The molecule has 1 aromatic heterocycles. The van der Waals surface area contributed by atoms with Gasteiger partial charge in [0.05, 0.1) is 35.4 Å². The van der Waals surface area contributed by atoms with Gasteiger partial charge in [0.25, 0.3) is 0 Å². The van der Waals surface area contributed by atoms with Crippen molar-refractivity contribution in [3.05, 3.63) is 46.7 Å². The van der Waals surface area contributed by atoms with Gasteiger partial charge in [-0.3, -0.25) is 4.90 Å². The maximum atomic E-state index is 14.5. The van der Waals surface area contributed by atoms with Crippen molar-refractivity contribution in [1.82, 2.24) is 14.9 Å². The zero-order valence-corrected chi connectivity index (χ0v) is 18.0. The number of halogens is 2. The van der Waals surface area contributed by atoms with Crippen molar-refractivity contribution in [3.63, 3.8) is 0 Å². The summed E-state index contributed by atoms with van der Waals surface area (Å²) in [6.07, 6.45) is 1.13. The van der Waals surface area contributed by atoms with Gasteiger partial charge in [-0.25, -0.2) is 14.4 Å². The van der Waals surface area contributed by atoms with Crippen molar-refractivity contribution in [1.29, 1.82) is 0 Å². The van der Waals surface area contributed by atoms with E-state index in [1.54, 1.807) is 18.2 Å². The molecular formula is C24H21ClFN5O. The van der Waals surface area contributed by atoms with Crippen LogP contribution in [0.4, 0.5) is 15.9 Å². The highest BCUT2D eigenvalue weighted by atomic mass is 35.5.